The van der Waals surface area contributed by atoms with Crippen molar-refractivity contribution in [3.63, 3.8) is 0 Å². The lowest BCUT2D eigenvalue weighted by molar-refractivity contribution is -0.117. The summed E-state index contributed by atoms with van der Waals surface area (Å²) < 4.78 is 5.08. The van der Waals surface area contributed by atoms with Gasteiger partial charge in [0.1, 0.15) is 11.5 Å². The smallest absolute Gasteiger partial charge is 0.141 e. The van der Waals surface area contributed by atoms with Crippen molar-refractivity contribution in [2.24, 2.45) is 0 Å². The van der Waals surface area contributed by atoms with Crippen LogP contribution in [0.2, 0.25) is 5.02 Å². The fraction of sp³-hybridized carbons (Fsp3) is 0.188. The van der Waals surface area contributed by atoms with E-state index in [0.29, 0.717) is 17.9 Å². The molecule has 0 aliphatic heterocycles. The Hall–Kier alpha value is -1.80. The van der Waals surface area contributed by atoms with Crippen molar-refractivity contribution in [2.45, 2.75) is 12.8 Å². The van der Waals surface area contributed by atoms with Crippen LogP contribution in [-0.2, 0) is 17.6 Å². The zero-order valence-electron chi connectivity index (χ0n) is 10.7. The molecule has 2 aromatic carbocycles. The number of carbonyl (C=O) groups excluding carboxylic acids is 1. The molecule has 0 N–H and O–H groups in total. The predicted molar refractivity (Wildman–Crippen MR) is 76.9 cm³/mol. The van der Waals surface area contributed by atoms with Gasteiger partial charge in [0, 0.05) is 17.9 Å². The quantitative estimate of drug-likeness (QED) is 0.831. The SMILES string of the molecule is COc1ccc(CC(=O)Cc2ccc(Cl)cc2)cc1. The number of carbonyl (C=O) groups is 1. The zero-order chi connectivity index (χ0) is 13.7. The Bertz CT molecular complexity index is 544. The molecule has 0 aliphatic carbocycles. The van der Waals surface area contributed by atoms with Crippen molar-refractivity contribution in [3.05, 3.63) is 64.7 Å². The summed E-state index contributed by atoms with van der Waals surface area (Å²) in [6, 6.07) is 14.9. The summed E-state index contributed by atoms with van der Waals surface area (Å²) >= 11 is 5.81. The maximum atomic E-state index is 12.0. The van der Waals surface area contributed by atoms with E-state index in [2.05, 4.69) is 0 Å². The van der Waals surface area contributed by atoms with Crippen molar-refractivity contribution in [3.8, 4) is 5.75 Å². The molecule has 19 heavy (non-hydrogen) atoms. The van der Waals surface area contributed by atoms with Gasteiger partial charge in [0.05, 0.1) is 7.11 Å². The van der Waals surface area contributed by atoms with E-state index in [1.165, 1.54) is 0 Å². The van der Waals surface area contributed by atoms with Crippen LogP contribution in [-0.4, -0.2) is 12.9 Å². The summed E-state index contributed by atoms with van der Waals surface area (Å²) in [6.07, 6.45) is 0.871. The van der Waals surface area contributed by atoms with Gasteiger partial charge in [0.25, 0.3) is 0 Å². The van der Waals surface area contributed by atoms with E-state index in [1.807, 2.05) is 36.4 Å². The van der Waals surface area contributed by atoms with Crippen molar-refractivity contribution < 1.29 is 9.53 Å². The number of Topliss-reactive ketones (excluding diaryl/α,β-unsaturated/α-hetero) is 1. The van der Waals surface area contributed by atoms with Gasteiger partial charge in [-0.05, 0) is 35.4 Å². The van der Waals surface area contributed by atoms with Crippen LogP contribution < -0.4 is 4.74 Å². The first-order valence-corrected chi connectivity index (χ1v) is 6.44. The molecule has 0 unspecified atom stereocenters. The molecule has 98 valence electrons. The minimum absolute atomic E-state index is 0.187. The van der Waals surface area contributed by atoms with E-state index in [9.17, 15) is 4.79 Å². The Labute approximate surface area is 118 Å². The van der Waals surface area contributed by atoms with E-state index in [1.54, 1.807) is 19.2 Å². The molecule has 0 aliphatic rings. The second-order valence-electron chi connectivity index (χ2n) is 4.37. The molecule has 0 saturated heterocycles. The van der Waals surface area contributed by atoms with Crippen LogP contribution in [0.5, 0.6) is 5.75 Å². The Balaban J connectivity index is 1.95. The maximum absolute atomic E-state index is 12.0. The molecule has 0 aromatic heterocycles. The molecular weight excluding hydrogens is 260 g/mol. The Morgan fingerprint density at radius 3 is 1.89 bits per heavy atom. The van der Waals surface area contributed by atoms with Gasteiger partial charge >= 0.3 is 0 Å². The molecule has 0 heterocycles. The average Bonchev–Trinajstić information content (AvgIpc) is 2.42. The monoisotopic (exact) mass is 274 g/mol. The minimum atomic E-state index is 0.187. The highest BCUT2D eigenvalue weighted by atomic mass is 35.5. The van der Waals surface area contributed by atoms with Crippen LogP contribution in [0.4, 0.5) is 0 Å². The van der Waals surface area contributed by atoms with Crippen LogP contribution in [0.3, 0.4) is 0 Å². The lowest BCUT2D eigenvalue weighted by Gasteiger charge is -2.04. The van der Waals surface area contributed by atoms with Crippen LogP contribution in [0.25, 0.3) is 0 Å². The molecule has 2 aromatic rings. The molecule has 0 spiro atoms. The molecule has 3 heteroatoms. The fourth-order valence-corrected chi connectivity index (χ4v) is 1.99. The number of hydrogen-bond donors (Lipinski definition) is 0. The third-order valence-electron chi connectivity index (χ3n) is 2.87. The van der Waals surface area contributed by atoms with E-state index in [-0.39, 0.29) is 5.78 Å². The molecule has 0 atom stereocenters. The highest BCUT2D eigenvalue weighted by Gasteiger charge is 2.05. The number of ketones is 1. The van der Waals surface area contributed by atoms with Crippen molar-refractivity contribution in [1.29, 1.82) is 0 Å². The Morgan fingerprint density at radius 1 is 0.947 bits per heavy atom. The van der Waals surface area contributed by atoms with Gasteiger partial charge in [-0.1, -0.05) is 35.9 Å². The third kappa shape index (κ3) is 4.11. The summed E-state index contributed by atoms with van der Waals surface area (Å²) in [4.78, 5) is 12.0. The summed E-state index contributed by atoms with van der Waals surface area (Å²) in [7, 11) is 1.63. The predicted octanol–water partition coefficient (Wildman–Crippen LogP) is 3.70. The number of halogens is 1. The summed E-state index contributed by atoms with van der Waals surface area (Å²) in [5, 5.41) is 0.686. The molecular formula is C16H15ClO2. The molecule has 2 rings (SSSR count). The molecule has 2 nitrogen and oxygen atoms in total. The molecule has 0 saturated carbocycles. The lowest BCUT2D eigenvalue weighted by Crippen LogP contribution is -2.06. The lowest BCUT2D eigenvalue weighted by atomic mass is 10.0. The van der Waals surface area contributed by atoms with Crippen LogP contribution >= 0.6 is 11.6 Å². The third-order valence-corrected chi connectivity index (χ3v) is 3.13. The molecule has 0 bridgehead atoms. The first-order valence-electron chi connectivity index (χ1n) is 6.06. The number of benzene rings is 2. The van der Waals surface area contributed by atoms with E-state index >= 15 is 0 Å². The van der Waals surface area contributed by atoms with Crippen molar-refractivity contribution in [2.75, 3.05) is 7.11 Å². The molecule has 0 radical (unpaired) electrons. The Kier molecular flexibility index (Phi) is 4.58. The maximum Gasteiger partial charge on any atom is 0.141 e. The topological polar surface area (TPSA) is 26.3 Å². The summed E-state index contributed by atoms with van der Waals surface area (Å²) in [5.41, 5.74) is 1.99. The molecule has 0 amide bonds. The van der Waals surface area contributed by atoms with Crippen molar-refractivity contribution in [1.82, 2.24) is 0 Å². The summed E-state index contributed by atoms with van der Waals surface area (Å²) in [5.74, 6) is 0.987. The Morgan fingerprint density at radius 2 is 1.42 bits per heavy atom. The van der Waals surface area contributed by atoms with Gasteiger partial charge in [-0.3, -0.25) is 4.79 Å². The van der Waals surface area contributed by atoms with Gasteiger partial charge in [-0.25, -0.2) is 0 Å². The van der Waals surface area contributed by atoms with E-state index < -0.39 is 0 Å². The first-order chi connectivity index (χ1) is 9.17. The van der Waals surface area contributed by atoms with Gasteiger partial charge in [-0.2, -0.15) is 0 Å². The van der Waals surface area contributed by atoms with Gasteiger partial charge in [0.15, 0.2) is 0 Å². The van der Waals surface area contributed by atoms with E-state index in [4.69, 9.17) is 16.3 Å². The largest absolute Gasteiger partial charge is 0.497 e. The van der Waals surface area contributed by atoms with E-state index in [0.717, 1.165) is 16.9 Å². The van der Waals surface area contributed by atoms with Gasteiger partial charge in [-0.15, -0.1) is 0 Å². The zero-order valence-corrected chi connectivity index (χ0v) is 11.5. The standard InChI is InChI=1S/C16H15ClO2/c1-19-16-8-4-13(5-9-16)11-15(18)10-12-2-6-14(17)7-3-12/h2-9H,10-11H2,1H3. The minimum Gasteiger partial charge on any atom is -0.497 e. The first kappa shape index (κ1) is 13.6. The van der Waals surface area contributed by atoms with Gasteiger partial charge < -0.3 is 4.74 Å². The highest BCUT2D eigenvalue weighted by molar-refractivity contribution is 6.30. The number of hydrogen-bond acceptors (Lipinski definition) is 2. The van der Waals surface area contributed by atoms with Crippen LogP contribution in [0.15, 0.2) is 48.5 Å². The highest BCUT2D eigenvalue weighted by Crippen LogP contribution is 2.14. The van der Waals surface area contributed by atoms with Crippen LogP contribution in [0.1, 0.15) is 11.1 Å². The number of ether oxygens (including phenoxy) is 1. The van der Waals surface area contributed by atoms with Crippen molar-refractivity contribution >= 4 is 17.4 Å². The second-order valence-corrected chi connectivity index (χ2v) is 4.80. The second kappa shape index (κ2) is 6.39. The number of rotatable bonds is 5. The van der Waals surface area contributed by atoms with Crippen LogP contribution in [0, 0.1) is 0 Å². The number of methoxy groups -OCH3 is 1. The average molecular weight is 275 g/mol. The summed E-state index contributed by atoms with van der Waals surface area (Å²) in [6.45, 7) is 0. The molecule has 0 fully saturated rings. The fourth-order valence-electron chi connectivity index (χ4n) is 1.86. The van der Waals surface area contributed by atoms with Gasteiger partial charge in [0.2, 0.25) is 0 Å². The normalized spacial score (nSPS) is 10.2.